The Bertz CT molecular complexity index is 449. The number of ether oxygens (including phenoxy) is 1. The van der Waals surface area contributed by atoms with Crippen LogP contribution in [0.2, 0.25) is 0 Å². The van der Waals surface area contributed by atoms with Crippen molar-refractivity contribution in [3.63, 3.8) is 0 Å². The fourth-order valence-corrected chi connectivity index (χ4v) is 1.94. The first-order chi connectivity index (χ1) is 9.38. The van der Waals surface area contributed by atoms with Gasteiger partial charge < -0.3 is 15.8 Å². The minimum absolute atomic E-state index is 0.138. The van der Waals surface area contributed by atoms with Gasteiger partial charge in [0.1, 0.15) is 5.82 Å². The number of nitrogens with one attached hydrogen (secondary N) is 1. The average molecular weight is 282 g/mol. The van der Waals surface area contributed by atoms with Crippen LogP contribution in [-0.2, 0) is 9.53 Å². The van der Waals surface area contributed by atoms with Crippen molar-refractivity contribution in [1.29, 1.82) is 0 Å². The standard InChI is InChI=1S/C15H23FN2O2/c1-10(2)8-11(3)20-7-6-15(19)18-14-5-4-12(16)9-13(14)17/h4-5,9-11H,6-8,17H2,1-3H3,(H,18,19). The summed E-state index contributed by atoms with van der Waals surface area (Å²) >= 11 is 0. The Labute approximate surface area is 119 Å². The molecule has 1 atom stereocenters. The van der Waals surface area contributed by atoms with E-state index >= 15 is 0 Å². The van der Waals surface area contributed by atoms with Crippen LogP contribution in [0.25, 0.3) is 0 Å². The Kier molecular flexibility index (Phi) is 6.45. The summed E-state index contributed by atoms with van der Waals surface area (Å²) < 4.78 is 18.4. The Hall–Kier alpha value is -1.62. The lowest BCUT2D eigenvalue weighted by atomic mass is 10.1. The first-order valence-corrected chi connectivity index (χ1v) is 6.85. The molecule has 0 spiro atoms. The Morgan fingerprint density at radius 3 is 2.70 bits per heavy atom. The molecular formula is C15H23FN2O2. The van der Waals surface area contributed by atoms with Crippen LogP contribution in [0.15, 0.2) is 18.2 Å². The van der Waals surface area contributed by atoms with Gasteiger partial charge in [0.25, 0.3) is 0 Å². The Morgan fingerprint density at radius 1 is 1.40 bits per heavy atom. The van der Waals surface area contributed by atoms with Gasteiger partial charge in [-0.25, -0.2) is 4.39 Å². The van der Waals surface area contributed by atoms with Crippen LogP contribution in [0, 0.1) is 11.7 Å². The third kappa shape index (κ3) is 6.02. The van der Waals surface area contributed by atoms with Gasteiger partial charge in [0.2, 0.25) is 5.91 Å². The van der Waals surface area contributed by atoms with Crippen molar-refractivity contribution >= 4 is 17.3 Å². The van der Waals surface area contributed by atoms with Crippen molar-refractivity contribution in [2.24, 2.45) is 5.92 Å². The second-order valence-electron chi connectivity index (χ2n) is 5.34. The predicted octanol–water partition coefficient (Wildman–Crippen LogP) is 3.19. The second-order valence-corrected chi connectivity index (χ2v) is 5.34. The zero-order valence-electron chi connectivity index (χ0n) is 12.3. The van der Waals surface area contributed by atoms with E-state index in [1.54, 1.807) is 0 Å². The third-order valence-electron chi connectivity index (χ3n) is 2.82. The summed E-state index contributed by atoms with van der Waals surface area (Å²) in [7, 11) is 0. The molecule has 1 amide bonds. The molecule has 0 bridgehead atoms. The number of hydrogen-bond acceptors (Lipinski definition) is 3. The molecule has 0 fully saturated rings. The molecule has 1 aromatic rings. The molecule has 5 heteroatoms. The van der Waals surface area contributed by atoms with Crippen molar-refractivity contribution in [3.8, 4) is 0 Å². The molecule has 0 saturated carbocycles. The summed E-state index contributed by atoms with van der Waals surface area (Å²) in [4.78, 5) is 11.7. The Morgan fingerprint density at radius 2 is 2.10 bits per heavy atom. The fourth-order valence-electron chi connectivity index (χ4n) is 1.94. The van der Waals surface area contributed by atoms with Crippen molar-refractivity contribution in [2.75, 3.05) is 17.7 Å². The third-order valence-corrected chi connectivity index (χ3v) is 2.82. The van der Waals surface area contributed by atoms with Crippen molar-refractivity contribution in [3.05, 3.63) is 24.0 Å². The summed E-state index contributed by atoms with van der Waals surface area (Å²) in [6, 6.07) is 3.88. The number of hydrogen-bond donors (Lipinski definition) is 2. The molecule has 0 saturated heterocycles. The van der Waals surface area contributed by atoms with E-state index in [9.17, 15) is 9.18 Å². The molecule has 1 rings (SSSR count). The van der Waals surface area contributed by atoms with Gasteiger partial charge in [-0.15, -0.1) is 0 Å². The molecule has 0 heterocycles. The second kappa shape index (κ2) is 7.85. The minimum atomic E-state index is -0.425. The lowest BCUT2D eigenvalue weighted by molar-refractivity contribution is -0.117. The van der Waals surface area contributed by atoms with E-state index in [2.05, 4.69) is 19.2 Å². The number of benzene rings is 1. The largest absolute Gasteiger partial charge is 0.397 e. The van der Waals surface area contributed by atoms with E-state index in [1.165, 1.54) is 18.2 Å². The number of nitrogens with two attached hydrogens (primary N) is 1. The maximum atomic E-state index is 12.9. The smallest absolute Gasteiger partial charge is 0.226 e. The number of carbonyl (C=O) groups excluding carboxylic acids is 1. The van der Waals surface area contributed by atoms with Crippen molar-refractivity contribution < 1.29 is 13.9 Å². The van der Waals surface area contributed by atoms with Gasteiger partial charge in [-0.2, -0.15) is 0 Å². The molecule has 1 aromatic carbocycles. The zero-order chi connectivity index (χ0) is 15.1. The maximum absolute atomic E-state index is 12.9. The van der Waals surface area contributed by atoms with Crippen LogP contribution < -0.4 is 11.1 Å². The van der Waals surface area contributed by atoms with Gasteiger partial charge in [-0.05, 0) is 37.5 Å². The fraction of sp³-hybridized carbons (Fsp3) is 0.533. The van der Waals surface area contributed by atoms with E-state index in [-0.39, 0.29) is 24.1 Å². The topological polar surface area (TPSA) is 64.3 Å². The van der Waals surface area contributed by atoms with E-state index < -0.39 is 5.82 Å². The van der Waals surface area contributed by atoms with Gasteiger partial charge in [-0.1, -0.05) is 13.8 Å². The number of anilines is 2. The highest BCUT2D eigenvalue weighted by Crippen LogP contribution is 2.19. The molecule has 0 aliphatic carbocycles. The first kappa shape index (κ1) is 16.4. The number of amides is 1. The number of rotatable bonds is 7. The summed E-state index contributed by atoms with van der Waals surface area (Å²) in [6.45, 7) is 6.62. The molecule has 112 valence electrons. The van der Waals surface area contributed by atoms with Crippen LogP contribution >= 0.6 is 0 Å². The lowest BCUT2D eigenvalue weighted by Crippen LogP contribution is -2.18. The van der Waals surface area contributed by atoms with Crippen LogP contribution in [0.4, 0.5) is 15.8 Å². The van der Waals surface area contributed by atoms with Gasteiger partial charge in [-0.3, -0.25) is 4.79 Å². The number of halogens is 1. The molecule has 20 heavy (non-hydrogen) atoms. The molecular weight excluding hydrogens is 259 g/mol. The van der Waals surface area contributed by atoms with Gasteiger partial charge in [0, 0.05) is 0 Å². The molecule has 0 aliphatic heterocycles. The highest BCUT2D eigenvalue weighted by Gasteiger charge is 2.09. The zero-order valence-corrected chi connectivity index (χ0v) is 12.3. The average Bonchev–Trinajstić information content (AvgIpc) is 2.31. The number of nitrogen functional groups attached to an aromatic ring is 1. The minimum Gasteiger partial charge on any atom is -0.397 e. The highest BCUT2D eigenvalue weighted by molar-refractivity contribution is 5.93. The quantitative estimate of drug-likeness (QED) is 0.755. The van der Waals surface area contributed by atoms with Crippen molar-refractivity contribution in [2.45, 2.75) is 39.7 Å². The SMILES string of the molecule is CC(C)CC(C)OCCC(=O)Nc1ccc(F)cc1N. The summed E-state index contributed by atoms with van der Waals surface area (Å²) in [5.41, 5.74) is 6.25. The molecule has 4 nitrogen and oxygen atoms in total. The normalized spacial score (nSPS) is 12.4. The molecule has 0 aromatic heterocycles. The molecule has 3 N–H and O–H groups in total. The first-order valence-electron chi connectivity index (χ1n) is 6.85. The predicted molar refractivity (Wildman–Crippen MR) is 78.9 cm³/mol. The molecule has 0 radical (unpaired) electrons. The Balaban J connectivity index is 2.33. The van der Waals surface area contributed by atoms with Gasteiger partial charge in [0.15, 0.2) is 0 Å². The highest BCUT2D eigenvalue weighted by atomic mass is 19.1. The van der Waals surface area contributed by atoms with Crippen molar-refractivity contribution in [1.82, 2.24) is 0 Å². The molecule has 0 aliphatic rings. The van der Waals surface area contributed by atoms with E-state index in [0.717, 1.165) is 6.42 Å². The van der Waals surface area contributed by atoms with Gasteiger partial charge >= 0.3 is 0 Å². The van der Waals surface area contributed by atoms with Crippen LogP contribution in [0.5, 0.6) is 0 Å². The monoisotopic (exact) mass is 282 g/mol. The van der Waals surface area contributed by atoms with Crippen LogP contribution in [0.1, 0.15) is 33.6 Å². The maximum Gasteiger partial charge on any atom is 0.226 e. The molecule has 1 unspecified atom stereocenters. The summed E-state index contributed by atoms with van der Waals surface area (Å²) in [5.74, 6) is -0.0516. The lowest BCUT2D eigenvalue weighted by Gasteiger charge is -2.15. The number of carbonyl (C=O) groups is 1. The van der Waals surface area contributed by atoms with Crippen LogP contribution in [-0.4, -0.2) is 18.6 Å². The van der Waals surface area contributed by atoms with Crippen LogP contribution in [0.3, 0.4) is 0 Å². The van der Waals surface area contributed by atoms with E-state index in [4.69, 9.17) is 10.5 Å². The summed E-state index contributed by atoms with van der Waals surface area (Å²) in [5, 5.41) is 2.64. The van der Waals surface area contributed by atoms with Gasteiger partial charge in [0.05, 0.1) is 30.5 Å². The van der Waals surface area contributed by atoms with E-state index in [1.807, 2.05) is 6.92 Å². The van der Waals surface area contributed by atoms with E-state index in [0.29, 0.717) is 18.2 Å². The summed E-state index contributed by atoms with van der Waals surface area (Å²) in [6.07, 6.45) is 1.35.